The molecule has 1 unspecified atom stereocenters. The third-order valence-corrected chi connectivity index (χ3v) is 5.02. The number of nitrogens with one attached hydrogen (secondary N) is 1. The molecule has 106 valence electrons. The second kappa shape index (κ2) is 7.02. The van der Waals surface area contributed by atoms with Gasteiger partial charge in [0.25, 0.3) is 0 Å². The van der Waals surface area contributed by atoms with Crippen LogP contribution in [0, 0.1) is 17.4 Å². The van der Waals surface area contributed by atoms with Crippen molar-refractivity contribution in [2.75, 3.05) is 0 Å². The summed E-state index contributed by atoms with van der Waals surface area (Å²) in [5.41, 5.74) is 8.11. The Hall–Kier alpha value is -0.430. The molecule has 3 N–H and O–H groups in total. The van der Waals surface area contributed by atoms with Gasteiger partial charge in [0.15, 0.2) is 0 Å². The number of halogens is 2. The molecule has 0 bridgehead atoms. The van der Waals surface area contributed by atoms with E-state index in [2.05, 4.69) is 94.2 Å². The lowest BCUT2D eigenvalue weighted by molar-refractivity contribution is 0.549. The molecule has 1 atom stereocenters. The predicted molar refractivity (Wildman–Crippen MR) is 96.5 cm³/mol. The highest BCUT2D eigenvalue weighted by molar-refractivity contribution is 14.1. The normalized spacial score (nSPS) is 12.4. The van der Waals surface area contributed by atoms with Crippen molar-refractivity contribution in [3.05, 3.63) is 66.7 Å². The van der Waals surface area contributed by atoms with Crippen molar-refractivity contribution in [2.45, 2.75) is 26.3 Å². The number of hydrogen-bond donors (Lipinski definition) is 2. The van der Waals surface area contributed by atoms with Crippen LogP contribution in [0.4, 0.5) is 0 Å². The molecule has 2 aromatic rings. The van der Waals surface area contributed by atoms with Crippen LogP contribution in [0.15, 0.2) is 40.9 Å². The van der Waals surface area contributed by atoms with E-state index in [9.17, 15) is 0 Å². The van der Waals surface area contributed by atoms with Crippen LogP contribution in [-0.2, 0) is 6.42 Å². The summed E-state index contributed by atoms with van der Waals surface area (Å²) in [7, 11) is 0. The maximum atomic E-state index is 5.77. The molecular weight excluding hydrogens is 427 g/mol. The van der Waals surface area contributed by atoms with Crippen LogP contribution in [-0.4, -0.2) is 0 Å². The van der Waals surface area contributed by atoms with Gasteiger partial charge in [-0.3, -0.25) is 11.3 Å². The van der Waals surface area contributed by atoms with Gasteiger partial charge in [0.05, 0.1) is 6.04 Å². The fraction of sp³-hybridized carbons (Fsp3) is 0.250. The first-order valence-electron chi connectivity index (χ1n) is 6.48. The van der Waals surface area contributed by atoms with E-state index >= 15 is 0 Å². The van der Waals surface area contributed by atoms with Gasteiger partial charge < -0.3 is 0 Å². The molecule has 0 spiro atoms. The highest BCUT2D eigenvalue weighted by Gasteiger charge is 2.14. The van der Waals surface area contributed by atoms with Gasteiger partial charge in [-0.2, -0.15) is 0 Å². The van der Waals surface area contributed by atoms with Crippen molar-refractivity contribution in [2.24, 2.45) is 5.84 Å². The molecule has 0 aromatic heterocycles. The maximum absolute atomic E-state index is 5.77. The van der Waals surface area contributed by atoms with Crippen LogP contribution in [0.25, 0.3) is 0 Å². The van der Waals surface area contributed by atoms with E-state index in [4.69, 9.17) is 5.84 Å². The van der Waals surface area contributed by atoms with E-state index in [0.717, 1.165) is 10.9 Å². The summed E-state index contributed by atoms with van der Waals surface area (Å²) in [6.45, 7) is 4.28. The monoisotopic (exact) mass is 444 g/mol. The third kappa shape index (κ3) is 3.81. The maximum Gasteiger partial charge on any atom is 0.0511 e. The Morgan fingerprint density at radius 3 is 2.55 bits per heavy atom. The molecule has 0 aliphatic rings. The molecule has 0 aliphatic heterocycles. The average Bonchev–Trinajstić information content (AvgIpc) is 2.43. The SMILES string of the molecule is Cc1ccc(CC(NN)c2cc(Br)ccc2I)cc1C. The lowest BCUT2D eigenvalue weighted by Gasteiger charge is -2.19. The zero-order valence-electron chi connectivity index (χ0n) is 11.6. The van der Waals surface area contributed by atoms with E-state index in [1.54, 1.807) is 0 Å². The van der Waals surface area contributed by atoms with Gasteiger partial charge in [0.2, 0.25) is 0 Å². The quantitative estimate of drug-likeness (QED) is 0.416. The zero-order chi connectivity index (χ0) is 14.7. The van der Waals surface area contributed by atoms with Gasteiger partial charge in [-0.25, -0.2) is 0 Å². The molecular formula is C16H18BrIN2. The van der Waals surface area contributed by atoms with Gasteiger partial charge in [-0.05, 0) is 83.3 Å². The fourth-order valence-corrected chi connectivity index (χ4v) is 3.30. The predicted octanol–water partition coefficient (Wildman–Crippen LogP) is 4.42. The van der Waals surface area contributed by atoms with Gasteiger partial charge in [0, 0.05) is 8.04 Å². The Balaban J connectivity index is 2.28. The smallest absolute Gasteiger partial charge is 0.0511 e. The second-order valence-corrected chi connectivity index (χ2v) is 7.09. The van der Waals surface area contributed by atoms with Crippen molar-refractivity contribution in [1.82, 2.24) is 5.43 Å². The molecule has 2 rings (SSSR count). The van der Waals surface area contributed by atoms with Gasteiger partial charge in [-0.15, -0.1) is 0 Å². The second-order valence-electron chi connectivity index (χ2n) is 5.01. The first-order chi connectivity index (χ1) is 9.51. The van der Waals surface area contributed by atoms with Crippen LogP contribution in [0.5, 0.6) is 0 Å². The summed E-state index contributed by atoms with van der Waals surface area (Å²) in [5, 5.41) is 0. The van der Waals surface area contributed by atoms with Crippen molar-refractivity contribution in [1.29, 1.82) is 0 Å². The van der Waals surface area contributed by atoms with E-state index in [0.29, 0.717) is 0 Å². The third-order valence-electron chi connectivity index (χ3n) is 3.55. The molecule has 20 heavy (non-hydrogen) atoms. The Bertz CT molecular complexity index is 613. The summed E-state index contributed by atoms with van der Waals surface area (Å²) < 4.78 is 2.30. The first kappa shape index (κ1) is 15.9. The van der Waals surface area contributed by atoms with Crippen molar-refractivity contribution in [3.8, 4) is 0 Å². The van der Waals surface area contributed by atoms with E-state index in [1.165, 1.54) is 25.8 Å². The Morgan fingerprint density at radius 2 is 1.90 bits per heavy atom. The Morgan fingerprint density at radius 1 is 1.15 bits per heavy atom. The number of hydrogen-bond acceptors (Lipinski definition) is 2. The van der Waals surface area contributed by atoms with Crippen molar-refractivity contribution in [3.63, 3.8) is 0 Å². The molecule has 4 heteroatoms. The van der Waals surface area contributed by atoms with Crippen LogP contribution >= 0.6 is 38.5 Å². The molecule has 2 nitrogen and oxygen atoms in total. The van der Waals surface area contributed by atoms with Gasteiger partial charge >= 0.3 is 0 Å². The number of nitrogens with two attached hydrogens (primary N) is 1. The fourth-order valence-electron chi connectivity index (χ4n) is 2.21. The zero-order valence-corrected chi connectivity index (χ0v) is 15.3. The minimum atomic E-state index is 0.113. The molecule has 0 heterocycles. The summed E-state index contributed by atoms with van der Waals surface area (Å²) in [4.78, 5) is 0. The van der Waals surface area contributed by atoms with Crippen LogP contribution in [0.3, 0.4) is 0 Å². The van der Waals surface area contributed by atoms with Crippen molar-refractivity contribution >= 4 is 38.5 Å². The summed E-state index contributed by atoms with van der Waals surface area (Å²) in [5.74, 6) is 5.77. The summed E-state index contributed by atoms with van der Waals surface area (Å²) >= 11 is 5.88. The lowest BCUT2D eigenvalue weighted by atomic mass is 9.97. The highest BCUT2D eigenvalue weighted by atomic mass is 127. The van der Waals surface area contributed by atoms with E-state index in [1.807, 2.05) is 0 Å². The highest BCUT2D eigenvalue weighted by Crippen LogP contribution is 2.26. The topological polar surface area (TPSA) is 38.0 Å². The number of aryl methyl sites for hydroxylation is 2. The molecule has 0 fully saturated rings. The lowest BCUT2D eigenvalue weighted by Crippen LogP contribution is -2.30. The molecule has 0 saturated carbocycles. The number of rotatable bonds is 4. The molecule has 0 aliphatic carbocycles. The minimum Gasteiger partial charge on any atom is -0.271 e. The molecule has 0 amide bonds. The number of benzene rings is 2. The van der Waals surface area contributed by atoms with Crippen molar-refractivity contribution < 1.29 is 0 Å². The van der Waals surface area contributed by atoms with Gasteiger partial charge in [0.1, 0.15) is 0 Å². The van der Waals surface area contributed by atoms with E-state index < -0.39 is 0 Å². The number of hydrazine groups is 1. The van der Waals surface area contributed by atoms with Crippen LogP contribution < -0.4 is 11.3 Å². The first-order valence-corrected chi connectivity index (χ1v) is 8.35. The molecule has 0 saturated heterocycles. The average molecular weight is 445 g/mol. The van der Waals surface area contributed by atoms with Gasteiger partial charge in [-0.1, -0.05) is 34.1 Å². The minimum absolute atomic E-state index is 0.113. The summed E-state index contributed by atoms with van der Waals surface area (Å²) in [6.07, 6.45) is 0.879. The largest absolute Gasteiger partial charge is 0.271 e. The van der Waals surface area contributed by atoms with Crippen LogP contribution in [0.2, 0.25) is 0 Å². The van der Waals surface area contributed by atoms with Crippen LogP contribution in [0.1, 0.15) is 28.3 Å². The molecule has 0 radical (unpaired) electrons. The Kier molecular flexibility index (Phi) is 5.60. The summed E-state index contributed by atoms with van der Waals surface area (Å²) in [6, 6.07) is 13.0. The molecule has 2 aromatic carbocycles. The Labute approximate surface area is 142 Å². The standard InChI is InChI=1S/C16H18BrIN2/c1-10-3-4-12(7-11(10)2)8-16(20-19)14-9-13(17)5-6-15(14)18/h3-7,9,16,20H,8,19H2,1-2H3. The van der Waals surface area contributed by atoms with E-state index in [-0.39, 0.29) is 6.04 Å².